The van der Waals surface area contributed by atoms with E-state index in [4.69, 9.17) is 12.2 Å². The Hall–Kier alpha value is -2.32. The zero-order valence-electron chi connectivity index (χ0n) is 14.5. The van der Waals surface area contributed by atoms with Gasteiger partial charge in [0.2, 0.25) is 17.7 Å². The summed E-state index contributed by atoms with van der Waals surface area (Å²) in [5, 5.41) is 8.07. The van der Waals surface area contributed by atoms with Crippen LogP contribution in [0.25, 0.3) is 0 Å². The Balaban J connectivity index is 1.89. The number of thiocarbonyl (C=S) groups is 1. The lowest BCUT2D eigenvalue weighted by Crippen LogP contribution is -2.71. The highest BCUT2D eigenvalue weighted by molar-refractivity contribution is 7.80. The molecule has 1 aromatic carbocycles. The number of hydrazine groups is 1. The molecule has 1 unspecified atom stereocenters. The summed E-state index contributed by atoms with van der Waals surface area (Å²) in [4.78, 5) is 37.4. The van der Waals surface area contributed by atoms with E-state index in [2.05, 4.69) is 10.6 Å². The van der Waals surface area contributed by atoms with Crippen molar-refractivity contribution in [2.45, 2.75) is 45.7 Å². The number of rotatable bonds is 2. The minimum absolute atomic E-state index is 0.0100. The van der Waals surface area contributed by atoms with E-state index in [1.54, 1.807) is 13.8 Å². The molecule has 0 saturated carbocycles. The van der Waals surface area contributed by atoms with Crippen LogP contribution in [0.1, 0.15) is 31.4 Å². The first kappa shape index (κ1) is 17.5. The molecule has 2 fully saturated rings. The Morgan fingerprint density at radius 2 is 1.96 bits per heavy atom. The minimum Gasteiger partial charge on any atom is -0.325 e. The first-order chi connectivity index (χ1) is 11.6. The molecule has 7 nitrogen and oxygen atoms in total. The average Bonchev–Trinajstić information content (AvgIpc) is 2.88. The van der Waals surface area contributed by atoms with E-state index < -0.39 is 11.6 Å². The van der Waals surface area contributed by atoms with Gasteiger partial charge in [0.05, 0.1) is 6.42 Å². The molecule has 3 amide bonds. The molecule has 1 aromatic rings. The van der Waals surface area contributed by atoms with E-state index in [9.17, 15) is 14.4 Å². The maximum Gasteiger partial charge on any atom is 0.248 e. The van der Waals surface area contributed by atoms with Crippen molar-refractivity contribution in [3.05, 3.63) is 29.3 Å². The number of hydrogen-bond donors (Lipinski definition) is 2. The standard InChI is InChI=1S/C17H20N4O3S/c1-9-5-6-11(7-10(9)2)18-14(23)12-8-13(22)20-16(25)19-15(24)17(3,4)21(12)20/h5-7,12H,8H2,1-4H3,(H,18,23)(H,19,24,25). The summed E-state index contributed by atoms with van der Waals surface area (Å²) in [6, 6.07) is 4.81. The number of benzene rings is 1. The predicted octanol–water partition coefficient (Wildman–Crippen LogP) is 1.25. The fourth-order valence-corrected chi connectivity index (χ4v) is 3.39. The second-order valence-corrected chi connectivity index (χ2v) is 7.26. The Morgan fingerprint density at radius 3 is 2.60 bits per heavy atom. The van der Waals surface area contributed by atoms with Gasteiger partial charge in [0.25, 0.3) is 0 Å². The second-order valence-electron chi connectivity index (χ2n) is 6.88. The number of aryl methyl sites for hydroxylation is 2. The SMILES string of the molecule is Cc1ccc(NC(=O)C2CC(=O)N3C(=S)NC(=O)C(C)(C)N23)cc1C. The minimum atomic E-state index is -1.07. The number of nitrogens with zero attached hydrogens (tertiary/aromatic N) is 2. The molecular formula is C17H20N4O3S. The van der Waals surface area contributed by atoms with Gasteiger partial charge in [0, 0.05) is 5.69 Å². The summed E-state index contributed by atoms with van der Waals surface area (Å²) in [6.45, 7) is 7.27. The number of carbonyl (C=O) groups is 3. The fourth-order valence-electron chi connectivity index (χ4n) is 3.10. The van der Waals surface area contributed by atoms with Gasteiger partial charge in [-0.2, -0.15) is 5.01 Å². The Morgan fingerprint density at radius 1 is 1.28 bits per heavy atom. The largest absolute Gasteiger partial charge is 0.325 e. The van der Waals surface area contributed by atoms with Gasteiger partial charge in [-0.3, -0.25) is 19.7 Å². The van der Waals surface area contributed by atoms with Gasteiger partial charge >= 0.3 is 0 Å². The first-order valence-electron chi connectivity index (χ1n) is 7.98. The third-order valence-electron chi connectivity index (χ3n) is 4.73. The predicted molar refractivity (Wildman–Crippen MR) is 96.5 cm³/mol. The lowest BCUT2D eigenvalue weighted by molar-refractivity contribution is -0.154. The van der Waals surface area contributed by atoms with Crippen LogP contribution >= 0.6 is 12.2 Å². The van der Waals surface area contributed by atoms with Crippen LogP contribution in [0.4, 0.5) is 5.69 Å². The highest BCUT2D eigenvalue weighted by Crippen LogP contribution is 2.33. The monoisotopic (exact) mass is 360 g/mol. The summed E-state index contributed by atoms with van der Waals surface area (Å²) >= 11 is 5.10. The van der Waals surface area contributed by atoms with Gasteiger partial charge in [-0.15, -0.1) is 0 Å². The average molecular weight is 360 g/mol. The van der Waals surface area contributed by atoms with Crippen LogP contribution in [-0.2, 0) is 14.4 Å². The molecule has 25 heavy (non-hydrogen) atoms. The van der Waals surface area contributed by atoms with Crippen molar-refractivity contribution >= 4 is 40.7 Å². The molecule has 2 heterocycles. The van der Waals surface area contributed by atoms with Crippen LogP contribution in [0.15, 0.2) is 18.2 Å². The highest BCUT2D eigenvalue weighted by atomic mass is 32.1. The maximum atomic E-state index is 12.8. The van der Waals surface area contributed by atoms with Crippen molar-refractivity contribution in [2.75, 3.05) is 5.32 Å². The van der Waals surface area contributed by atoms with Crippen molar-refractivity contribution in [1.82, 2.24) is 15.3 Å². The van der Waals surface area contributed by atoms with E-state index >= 15 is 0 Å². The molecule has 8 heteroatoms. The third kappa shape index (κ3) is 2.81. The lowest BCUT2D eigenvalue weighted by atomic mass is 10.00. The van der Waals surface area contributed by atoms with Crippen LogP contribution in [-0.4, -0.2) is 44.4 Å². The molecule has 0 spiro atoms. The van der Waals surface area contributed by atoms with E-state index in [0.717, 1.165) is 11.1 Å². The zero-order valence-corrected chi connectivity index (χ0v) is 15.4. The Kier molecular flexibility index (Phi) is 4.12. The number of amides is 3. The number of fused-ring (bicyclic) bond motifs is 1. The van der Waals surface area contributed by atoms with Crippen molar-refractivity contribution in [3.63, 3.8) is 0 Å². The van der Waals surface area contributed by atoms with Crippen LogP contribution < -0.4 is 10.6 Å². The molecular weight excluding hydrogens is 340 g/mol. The highest BCUT2D eigenvalue weighted by Gasteiger charge is 2.56. The number of hydrogen-bond acceptors (Lipinski definition) is 5. The topological polar surface area (TPSA) is 81.8 Å². The molecule has 1 atom stereocenters. The third-order valence-corrected chi connectivity index (χ3v) is 5.01. The van der Waals surface area contributed by atoms with Gasteiger partial charge in [-0.05, 0) is 63.2 Å². The van der Waals surface area contributed by atoms with Crippen LogP contribution in [0, 0.1) is 13.8 Å². The van der Waals surface area contributed by atoms with E-state index in [1.807, 2.05) is 32.0 Å². The van der Waals surface area contributed by atoms with Gasteiger partial charge in [-0.1, -0.05) is 6.07 Å². The quantitative estimate of drug-likeness (QED) is 0.776. The number of nitrogens with one attached hydrogen (secondary N) is 2. The second kappa shape index (κ2) is 5.89. The molecule has 0 radical (unpaired) electrons. The molecule has 2 saturated heterocycles. The molecule has 0 aliphatic carbocycles. The maximum absolute atomic E-state index is 12.8. The van der Waals surface area contributed by atoms with Crippen molar-refractivity contribution in [2.24, 2.45) is 0 Å². The lowest BCUT2D eigenvalue weighted by Gasteiger charge is -2.45. The first-order valence-corrected chi connectivity index (χ1v) is 8.39. The summed E-state index contributed by atoms with van der Waals surface area (Å²) < 4.78 is 0. The molecule has 3 rings (SSSR count). The van der Waals surface area contributed by atoms with E-state index in [1.165, 1.54) is 10.0 Å². The molecule has 2 N–H and O–H groups in total. The summed E-state index contributed by atoms with van der Waals surface area (Å²) in [6.07, 6.45) is -0.0325. The van der Waals surface area contributed by atoms with E-state index in [-0.39, 0.29) is 29.3 Å². The van der Waals surface area contributed by atoms with Gasteiger partial charge in [0.1, 0.15) is 11.6 Å². The normalized spacial score (nSPS) is 22.6. The van der Waals surface area contributed by atoms with Crippen LogP contribution in [0.5, 0.6) is 0 Å². The molecule has 0 aromatic heterocycles. The Labute approximate surface area is 151 Å². The Bertz CT molecular complexity index is 805. The molecule has 0 bridgehead atoms. The zero-order chi connectivity index (χ0) is 18.5. The fraction of sp³-hybridized carbons (Fsp3) is 0.412. The van der Waals surface area contributed by atoms with Crippen molar-refractivity contribution in [1.29, 1.82) is 0 Å². The summed E-state index contributed by atoms with van der Waals surface area (Å²) in [7, 11) is 0. The van der Waals surface area contributed by atoms with Gasteiger partial charge in [-0.25, -0.2) is 5.01 Å². The smallest absolute Gasteiger partial charge is 0.248 e. The van der Waals surface area contributed by atoms with E-state index in [0.29, 0.717) is 5.69 Å². The summed E-state index contributed by atoms with van der Waals surface area (Å²) in [5.74, 6) is -0.990. The summed E-state index contributed by atoms with van der Waals surface area (Å²) in [5.41, 5.74) is 1.76. The number of anilines is 1. The van der Waals surface area contributed by atoms with Crippen LogP contribution in [0.2, 0.25) is 0 Å². The molecule has 2 aliphatic heterocycles. The molecule has 132 valence electrons. The van der Waals surface area contributed by atoms with Crippen molar-refractivity contribution < 1.29 is 14.4 Å². The van der Waals surface area contributed by atoms with Gasteiger partial charge in [0.15, 0.2) is 5.11 Å². The van der Waals surface area contributed by atoms with Crippen molar-refractivity contribution in [3.8, 4) is 0 Å². The number of carbonyl (C=O) groups excluding carboxylic acids is 3. The van der Waals surface area contributed by atoms with Crippen LogP contribution in [0.3, 0.4) is 0 Å². The van der Waals surface area contributed by atoms with Gasteiger partial charge < -0.3 is 5.32 Å². The molecule has 2 aliphatic rings.